The van der Waals surface area contributed by atoms with Crippen molar-refractivity contribution in [2.24, 2.45) is 0 Å². The summed E-state index contributed by atoms with van der Waals surface area (Å²) in [6.07, 6.45) is 1.56. The average molecular weight is 368 g/mol. The van der Waals surface area contributed by atoms with Crippen molar-refractivity contribution in [2.75, 3.05) is 20.7 Å². The minimum absolute atomic E-state index is 0.0289. The minimum Gasteiger partial charge on any atom is -0.395 e. The molecular weight excluding hydrogens is 344 g/mol. The summed E-state index contributed by atoms with van der Waals surface area (Å²) in [5.74, 6) is 0.926. The summed E-state index contributed by atoms with van der Waals surface area (Å²) in [5, 5.41) is 9.37. The van der Waals surface area contributed by atoms with E-state index in [1.807, 2.05) is 22.8 Å². The number of carbonyl (C=O) groups excluding carboxylic acids is 1. The molecule has 0 aliphatic heterocycles. The highest BCUT2D eigenvalue weighted by Crippen LogP contribution is 2.24. The van der Waals surface area contributed by atoms with Crippen LogP contribution in [0.2, 0.25) is 0 Å². The number of fused-ring (bicyclic) bond motifs is 1. The quantitative estimate of drug-likeness (QED) is 0.747. The maximum atomic E-state index is 12.4. The molecule has 7 nitrogen and oxygen atoms in total. The van der Waals surface area contributed by atoms with Gasteiger partial charge in [0, 0.05) is 38.8 Å². The largest absolute Gasteiger partial charge is 0.395 e. The number of pyridine rings is 1. The summed E-state index contributed by atoms with van der Waals surface area (Å²) in [5.41, 5.74) is 2.52. The zero-order chi connectivity index (χ0) is 19.7. The lowest BCUT2D eigenvalue weighted by molar-refractivity contribution is 0.0827. The van der Waals surface area contributed by atoms with Crippen LogP contribution in [0.4, 0.5) is 0 Å². The van der Waals surface area contributed by atoms with Crippen LogP contribution in [0.1, 0.15) is 35.9 Å². The van der Waals surface area contributed by atoms with Crippen molar-refractivity contribution in [2.45, 2.75) is 26.3 Å². The van der Waals surface area contributed by atoms with Gasteiger partial charge in [0.1, 0.15) is 5.82 Å². The first kappa shape index (κ1) is 18.8. The van der Waals surface area contributed by atoms with Crippen LogP contribution in [0.15, 0.2) is 41.3 Å². The molecule has 2 heterocycles. The lowest BCUT2D eigenvalue weighted by Crippen LogP contribution is -2.25. The van der Waals surface area contributed by atoms with Crippen LogP contribution in [0.3, 0.4) is 0 Å². The molecule has 142 valence electrons. The van der Waals surface area contributed by atoms with Crippen LogP contribution in [-0.4, -0.2) is 50.7 Å². The number of aliphatic hydroxyl groups excluding tert-OH is 1. The molecule has 0 saturated carbocycles. The average Bonchev–Trinajstić information content (AvgIpc) is 3.00. The molecule has 27 heavy (non-hydrogen) atoms. The lowest BCUT2D eigenvalue weighted by Gasteiger charge is -2.12. The maximum absolute atomic E-state index is 12.4. The molecular formula is C20H24N4O3. The molecule has 0 spiro atoms. The molecule has 3 aromatic rings. The normalized spacial score (nSPS) is 11.3. The van der Waals surface area contributed by atoms with Gasteiger partial charge in [0.25, 0.3) is 11.5 Å². The van der Waals surface area contributed by atoms with Crippen LogP contribution in [-0.2, 0) is 6.54 Å². The summed E-state index contributed by atoms with van der Waals surface area (Å²) in [4.78, 5) is 30.7. The summed E-state index contributed by atoms with van der Waals surface area (Å²) < 4.78 is 3.45. The second kappa shape index (κ2) is 7.36. The lowest BCUT2D eigenvalue weighted by atomic mass is 10.2. The van der Waals surface area contributed by atoms with Crippen molar-refractivity contribution in [3.8, 4) is 5.69 Å². The number of rotatable bonds is 5. The van der Waals surface area contributed by atoms with E-state index in [0.717, 1.165) is 16.9 Å². The van der Waals surface area contributed by atoms with E-state index in [1.165, 1.54) is 21.6 Å². The number of carbonyl (C=O) groups is 1. The van der Waals surface area contributed by atoms with E-state index in [4.69, 9.17) is 4.98 Å². The third-order valence-electron chi connectivity index (χ3n) is 4.44. The molecule has 1 amide bonds. The van der Waals surface area contributed by atoms with E-state index in [2.05, 4.69) is 13.8 Å². The van der Waals surface area contributed by atoms with Crippen molar-refractivity contribution < 1.29 is 9.90 Å². The first-order chi connectivity index (χ1) is 12.8. The van der Waals surface area contributed by atoms with E-state index in [-0.39, 0.29) is 24.0 Å². The topological polar surface area (TPSA) is 80.4 Å². The molecule has 0 fully saturated rings. The Balaban J connectivity index is 2.14. The van der Waals surface area contributed by atoms with Crippen LogP contribution < -0.4 is 5.56 Å². The highest BCUT2D eigenvalue weighted by atomic mass is 16.3. The van der Waals surface area contributed by atoms with Crippen LogP contribution in [0.5, 0.6) is 0 Å². The number of nitrogens with zero attached hydrogens (tertiary/aromatic N) is 4. The first-order valence-corrected chi connectivity index (χ1v) is 8.89. The van der Waals surface area contributed by atoms with Gasteiger partial charge in [0.2, 0.25) is 0 Å². The number of imidazole rings is 1. The van der Waals surface area contributed by atoms with E-state index < -0.39 is 0 Å². The third-order valence-corrected chi connectivity index (χ3v) is 4.44. The molecule has 0 bridgehead atoms. The second-order valence-corrected chi connectivity index (χ2v) is 7.00. The Kier molecular flexibility index (Phi) is 5.14. The summed E-state index contributed by atoms with van der Waals surface area (Å²) >= 11 is 0. The molecule has 0 saturated heterocycles. The molecule has 0 unspecified atom stereocenters. The van der Waals surface area contributed by atoms with E-state index in [1.54, 1.807) is 20.3 Å². The number of amides is 1. The fraction of sp³-hybridized carbons (Fsp3) is 0.350. The van der Waals surface area contributed by atoms with Gasteiger partial charge in [-0.1, -0.05) is 13.8 Å². The van der Waals surface area contributed by atoms with Gasteiger partial charge in [-0.2, -0.15) is 0 Å². The van der Waals surface area contributed by atoms with Gasteiger partial charge in [-0.15, -0.1) is 0 Å². The Morgan fingerprint density at radius 1 is 1.22 bits per heavy atom. The van der Waals surface area contributed by atoms with Crippen molar-refractivity contribution in [1.29, 1.82) is 0 Å². The highest BCUT2D eigenvalue weighted by molar-refractivity contribution is 5.93. The van der Waals surface area contributed by atoms with Gasteiger partial charge < -0.3 is 14.6 Å². The molecule has 3 rings (SSSR count). The molecule has 1 aromatic carbocycles. The molecule has 0 radical (unpaired) electrons. The maximum Gasteiger partial charge on any atom is 0.255 e. The molecule has 1 N–H and O–H groups in total. The predicted octanol–water partition coefficient (Wildman–Crippen LogP) is 2.00. The third kappa shape index (κ3) is 3.50. The van der Waals surface area contributed by atoms with E-state index in [9.17, 15) is 14.7 Å². The molecule has 2 aromatic heterocycles. The fourth-order valence-electron chi connectivity index (χ4n) is 3.14. The predicted molar refractivity (Wildman–Crippen MR) is 105 cm³/mol. The monoisotopic (exact) mass is 368 g/mol. The fourth-order valence-corrected chi connectivity index (χ4v) is 3.14. The molecule has 0 atom stereocenters. The number of aromatic nitrogens is 3. The van der Waals surface area contributed by atoms with Gasteiger partial charge >= 0.3 is 0 Å². The standard InChI is InChI=1S/C20H24N4O3/c1-13(2)19-21-16-11-15(6-7-17(16)23(19)9-10-25)24-12-14(5-8-18(24)26)20(27)22(3)4/h5-8,11-13,25H,9-10H2,1-4H3. The van der Waals surface area contributed by atoms with Crippen molar-refractivity contribution in [3.63, 3.8) is 0 Å². The number of benzene rings is 1. The summed E-state index contributed by atoms with van der Waals surface area (Å²) in [6, 6.07) is 8.48. The van der Waals surface area contributed by atoms with Gasteiger partial charge in [-0.25, -0.2) is 4.98 Å². The summed E-state index contributed by atoms with van der Waals surface area (Å²) in [6.45, 7) is 4.60. The van der Waals surface area contributed by atoms with E-state index in [0.29, 0.717) is 17.8 Å². The van der Waals surface area contributed by atoms with Crippen LogP contribution >= 0.6 is 0 Å². The Bertz CT molecular complexity index is 1050. The highest BCUT2D eigenvalue weighted by Gasteiger charge is 2.15. The van der Waals surface area contributed by atoms with Gasteiger partial charge in [0.15, 0.2) is 0 Å². The Morgan fingerprint density at radius 2 is 1.96 bits per heavy atom. The van der Waals surface area contributed by atoms with Crippen LogP contribution in [0.25, 0.3) is 16.7 Å². The smallest absolute Gasteiger partial charge is 0.255 e. The first-order valence-electron chi connectivity index (χ1n) is 8.89. The van der Waals surface area contributed by atoms with Crippen molar-refractivity contribution in [3.05, 3.63) is 58.3 Å². The second-order valence-electron chi connectivity index (χ2n) is 7.00. The zero-order valence-electron chi connectivity index (χ0n) is 16.0. The van der Waals surface area contributed by atoms with Gasteiger partial charge in [0.05, 0.1) is 28.9 Å². The zero-order valence-corrected chi connectivity index (χ0v) is 16.0. The SMILES string of the molecule is CC(C)c1nc2cc(-n3cc(C(=O)N(C)C)ccc3=O)ccc2n1CCO. The number of hydrogen-bond acceptors (Lipinski definition) is 4. The van der Waals surface area contributed by atoms with Gasteiger partial charge in [-0.05, 0) is 24.3 Å². The van der Waals surface area contributed by atoms with Crippen LogP contribution in [0, 0.1) is 0 Å². The van der Waals surface area contributed by atoms with Crippen molar-refractivity contribution in [1.82, 2.24) is 19.0 Å². The molecule has 0 aliphatic carbocycles. The molecule has 7 heteroatoms. The van der Waals surface area contributed by atoms with Crippen molar-refractivity contribution >= 4 is 16.9 Å². The number of hydrogen-bond donors (Lipinski definition) is 1. The summed E-state index contributed by atoms with van der Waals surface area (Å²) in [7, 11) is 3.34. The minimum atomic E-state index is -0.219. The Morgan fingerprint density at radius 3 is 2.59 bits per heavy atom. The molecule has 0 aliphatic rings. The van der Waals surface area contributed by atoms with E-state index >= 15 is 0 Å². The Labute approximate surface area is 157 Å². The number of aliphatic hydroxyl groups is 1. The van der Waals surface area contributed by atoms with Gasteiger partial charge in [-0.3, -0.25) is 14.2 Å². The Hall–Kier alpha value is -2.93.